The maximum Gasteiger partial charge on any atom is 0.272 e. The number of ether oxygens (including phenoxy) is 1. The van der Waals surface area contributed by atoms with Crippen molar-refractivity contribution in [2.75, 3.05) is 24.3 Å². The van der Waals surface area contributed by atoms with E-state index in [0.717, 1.165) is 10.4 Å². The molecule has 2 heterocycles. The molecule has 0 spiro atoms. The lowest BCUT2D eigenvalue weighted by Crippen LogP contribution is -2.33. The molecule has 1 aliphatic rings. The van der Waals surface area contributed by atoms with Crippen LogP contribution in [0.1, 0.15) is 52.2 Å². The summed E-state index contributed by atoms with van der Waals surface area (Å²) in [5, 5.41) is 28.2. The van der Waals surface area contributed by atoms with E-state index >= 15 is 0 Å². The summed E-state index contributed by atoms with van der Waals surface area (Å²) in [6, 6.07) is 22.1. The number of phenolic OH excluding ortho intramolecular Hbond substituents is 1. The fraction of sp³-hybridized carbons (Fsp3) is 0.216. The van der Waals surface area contributed by atoms with Crippen LogP contribution >= 0.6 is 23.1 Å². The predicted molar refractivity (Wildman–Crippen MR) is 194 cm³/mol. The van der Waals surface area contributed by atoms with Gasteiger partial charge in [0.15, 0.2) is 0 Å². The summed E-state index contributed by atoms with van der Waals surface area (Å²) in [5.41, 5.74) is 2.50. The van der Waals surface area contributed by atoms with E-state index in [0.29, 0.717) is 64.0 Å². The average Bonchev–Trinajstić information content (AvgIpc) is 3.47. The van der Waals surface area contributed by atoms with Crippen LogP contribution in [0, 0.1) is 11.3 Å². The number of anilines is 2. The van der Waals surface area contributed by atoms with Gasteiger partial charge in [0, 0.05) is 46.1 Å². The van der Waals surface area contributed by atoms with Gasteiger partial charge < -0.3 is 30.7 Å². The topological polar surface area (TPSA) is 161 Å². The summed E-state index contributed by atoms with van der Waals surface area (Å²) >= 11 is 2.64. The number of thioether (sulfide) groups is 1. The molecule has 1 unspecified atom stereocenters. The Hall–Kier alpha value is -5.58. The summed E-state index contributed by atoms with van der Waals surface area (Å²) in [6.45, 7) is 4.36. The van der Waals surface area contributed by atoms with E-state index in [9.17, 15) is 29.5 Å². The number of fused-ring (bicyclic) bond motifs is 1. The van der Waals surface area contributed by atoms with E-state index < -0.39 is 17.1 Å². The lowest BCUT2D eigenvalue weighted by atomic mass is 10.0. The second-order valence-corrected chi connectivity index (χ2v) is 13.7. The molecule has 0 fully saturated rings. The minimum absolute atomic E-state index is 0.0206. The zero-order valence-electron chi connectivity index (χ0n) is 27.6. The number of hydrogen-bond donors (Lipinski definition) is 4. The monoisotopic (exact) mass is 709 g/mol. The number of amides is 4. The quantitative estimate of drug-likeness (QED) is 0.106. The van der Waals surface area contributed by atoms with Crippen molar-refractivity contribution in [3.8, 4) is 17.6 Å². The Balaban J connectivity index is 1.32. The van der Waals surface area contributed by atoms with Crippen molar-refractivity contribution in [1.29, 1.82) is 5.26 Å². The van der Waals surface area contributed by atoms with Crippen molar-refractivity contribution in [3.63, 3.8) is 0 Å². The van der Waals surface area contributed by atoms with Gasteiger partial charge in [-0.2, -0.15) is 5.26 Å². The molecule has 5 rings (SSSR count). The van der Waals surface area contributed by atoms with Gasteiger partial charge in [-0.15, -0.1) is 23.1 Å². The fourth-order valence-electron chi connectivity index (χ4n) is 5.32. The fourth-order valence-corrected chi connectivity index (χ4v) is 7.55. The molecular formula is C37H35N5O6S2. The number of hydrogen-bond acceptors (Lipinski definition) is 9. The first-order valence-electron chi connectivity index (χ1n) is 15.7. The Kier molecular flexibility index (Phi) is 11.6. The van der Waals surface area contributed by atoms with Crippen LogP contribution in [0.3, 0.4) is 0 Å². The standard InChI is InChI=1S/C37H35N5O6S2/c1-4-32(36(47)41-37-29(20-38)28-15-16-42(22(2)43)21-33(28)50-37)49-27-12-8-11-25(18-27)39-35(46)30(40-34(45)23-9-6-5-7-10-23)17-24-13-14-26(44)19-31(24)48-3/h5-14,17-19,32,44H,4,15-16,21H2,1-3H3,(H,39,46)(H,40,45)(H,41,47)/b30-17+. The van der Waals surface area contributed by atoms with Gasteiger partial charge in [0.05, 0.1) is 24.5 Å². The number of nitrogens with one attached hydrogen (secondary N) is 3. The highest BCUT2D eigenvalue weighted by Crippen LogP contribution is 2.38. The van der Waals surface area contributed by atoms with Crippen molar-refractivity contribution in [2.24, 2.45) is 0 Å². The molecule has 1 aromatic heterocycles. The number of phenols is 1. The average molecular weight is 710 g/mol. The lowest BCUT2D eigenvalue weighted by molar-refractivity contribution is -0.129. The van der Waals surface area contributed by atoms with E-state index in [-0.39, 0.29) is 23.3 Å². The molecule has 11 nitrogen and oxygen atoms in total. The number of carbonyl (C=O) groups excluding carboxylic acids is 4. The molecular weight excluding hydrogens is 675 g/mol. The molecule has 4 amide bonds. The Morgan fingerprint density at radius 1 is 1.08 bits per heavy atom. The number of rotatable bonds is 11. The third-order valence-electron chi connectivity index (χ3n) is 7.93. The molecule has 1 aliphatic heterocycles. The van der Waals surface area contributed by atoms with Crippen molar-refractivity contribution in [3.05, 3.63) is 106 Å². The molecule has 0 aliphatic carbocycles. The molecule has 0 saturated heterocycles. The maximum absolute atomic E-state index is 13.7. The van der Waals surface area contributed by atoms with Crippen molar-refractivity contribution < 1.29 is 29.0 Å². The molecule has 4 aromatic rings. The summed E-state index contributed by atoms with van der Waals surface area (Å²) in [5.74, 6) is -1.11. The normalized spacial score (nSPS) is 13.0. The minimum atomic E-state index is -0.606. The van der Waals surface area contributed by atoms with Crippen molar-refractivity contribution >= 4 is 63.5 Å². The highest BCUT2D eigenvalue weighted by molar-refractivity contribution is 8.00. The van der Waals surface area contributed by atoms with E-state index in [2.05, 4.69) is 22.0 Å². The van der Waals surface area contributed by atoms with E-state index in [4.69, 9.17) is 4.74 Å². The Morgan fingerprint density at radius 3 is 2.56 bits per heavy atom. The third-order valence-corrected chi connectivity index (χ3v) is 10.4. The summed E-state index contributed by atoms with van der Waals surface area (Å²) in [4.78, 5) is 55.5. The maximum atomic E-state index is 13.7. The van der Waals surface area contributed by atoms with Crippen molar-refractivity contribution in [1.82, 2.24) is 10.2 Å². The molecule has 3 aromatic carbocycles. The van der Waals surface area contributed by atoms with E-state index in [1.54, 1.807) is 59.5 Å². The molecule has 0 bridgehead atoms. The van der Waals surface area contributed by atoms with E-state index in [1.807, 2.05) is 13.0 Å². The van der Waals surface area contributed by atoms with Gasteiger partial charge in [-0.05, 0) is 66.9 Å². The van der Waals surface area contributed by atoms with Gasteiger partial charge in [-0.1, -0.05) is 31.2 Å². The first-order chi connectivity index (χ1) is 24.1. The number of benzene rings is 3. The van der Waals surface area contributed by atoms with Crippen LogP contribution in [0.2, 0.25) is 0 Å². The van der Waals surface area contributed by atoms with Crippen LogP contribution in [-0.4, -0.2) is 52.5 Å². The predicted octanol–water partition coefficient (Wildman–Crippen LogP) is 6.16. The van der Waals surface area contributed by atoms with Crippen LogP contribution in [-0.2, 0) is 27.3 Å². The number of aromatic hydroxyl groups is 1. The number of nitrogens with zero attached hydrogens (tertiary/aromatic N) is 2. The second kappa shape index (κ2) is 16.2. The molecule has 50 heavy (non-hydrogen) atoms. The molecule has 1 atom stereocenters. The number of thiophene rings is 1. The van der Waals surface area contributed by atoms with Gasteiger partial charge in [0.2, 0.25) is 11.8 Å². The number of methoxy groups -OCH3 is 1. The lowest BCUT2D eigenvalue weighted by Gasteiger charge is -2.25. The Morgan fingerprint density at radius 2 is 1.86 bits per heavy atom. The van der Waals surface area contributed by atoms with Gasteiger partial charge >= 0.3 is 0 Å². The molecule has 256 valence electrons. The van der Waals surface area contributed by atoms with Crippen molar-refractivity contribution in [2.45, 2.75) is 43.4 Å². The minimum Gasteiger partial charge on any atom is -0.508 e. The summed E-state index contributed by atoms with van der Waals surface area (Å²) < 4.78 is 5.37. The first kappa shape index (κ1) is 35.7. The number of carbonyl (C=O) groups is 4. The van der Waals surface area contributed by atoms with Crippen LogP contribution in [0.4, 0.5) is 10.7 Å². The SMILES string of the molecule is CCC(Sc1cccc(NC(=O)/C(=C\c2ccc(O)cc2OC)NC(=O)c2ccccc2)c1)C(=O)Nc1sc2c(c1C#N)CCN(C(C)=O)C2. The number of nitriles is 1. The first-order valence-corrected chi connectivity index (χ1v) is 17.4. The zero-order chi connectivity index (χ0) is 35.8. The molecule has 13 heteroatoms. The highest BCUT2D eigenvalue weighted by Gasteiger charge is 2.28. The van der Waals surface area contributed by atoms with E-state index in [1.165, 1.54) is 55.3 Å². The van der Waals surface area contributed by atoms with Gasteiger partial charge in [-0.25, -0.2) is 0 Å². The second-order valence-electron chi connectivity index (χ2n) is 11.3. The van der Waals surface area contributed by atoms with Gasteiger partial charge in [0.1, 0.15) is 28.3 Å². The highest BCUT2D eigenvalue weighted by atomic mass is 32.2. The summed E-state index contributed by atoms with van der Waals surface area (Å²) in [6.07, 6.45) is 2.51. The zero-order valence-corrected chi connectivity index (χ0v) is 29.2. The molecule has 0 saturated carbocycles. The largest absolute Gasteiger partial charge is 0.508 e. The van der Waals surface area contributed by atoms with Gasteiger partial charge in [0.25, 0.3) is 11.8 Å². The molecule has 4 N–H and O–H groups in total. The van der Waals surface area contributed by atoms with Gasteiger partial charge in [-0.3, -0.25) is 19.2 Å². The Bertz CT molecular complexity index is 2000. The third kappa shape index (κ3) is 8.52. The van der Waals surface area contributed by atoms with Crippen LogP contribution < -0.4 is 20.7 Å². The van der Waals surface area contributed by atoms with Crippen LogP contribution in [0.15, 0.2) is 83.4 Å². The Labute approximate surface area is 298 Å². The smallest absolute Gasteiger partial charge is 0.272 e. The van der Waals surface area contributed by atoms with Crippen LogP contribution in [0.5, 0.6) is 11.5 Å². The molecule has 0 radical (unpaired) electrons. The summed E-state index contributed by atoms with van der Waals surface area (Å²) in [7, 11) is 1.43. The van der Waals surface area contributed by atoms with Crippen LogP contribution in [0.25, 0.3) is 6.08 Å².